The lowest BCUT2D eigenvalue weighted by Crippen LogP contribution is -2.49. The van der Waals surface area contributed by atoms with E-state index < -0.39 is 17.2 Å². The molecule has 1 aromatic carbocycles. The number of benzene rings is 1. The molecular formula is C13H14N2O3. The van der Waals surface area contributed by atoms with Crippen LogP contribution in [0.15, 0.2) is 24.3 Å². The van der Waals surface area contributed by atoms with E-state index in [9.17, 15) is 14.4 Å². The number of carbonyl (C=O) groups excluding carboxylic acids is 3. The molecule has 1 N–H and O–H groups in total. The van der Waals surface area contributed by atoms with Crippen LogP contribution in [-0.4, -0.2) is 22.7 Å². The maximum absolute atomic E-state index is 12.0. The molecule has 0 atom stereocenters. The summed E-state index contributed by atoms with van der Waals surface area (Å²) in [6, 6.07) is 6.50. The molecule has 0 saturated heterocycles. The van der Waals surface area contributed by atoms with Crippen molar-refractivity contribution in [3.63, 3.8) is 0 Å². The van der Waals surface area contributed by atoms with Gasteiger partial charge in [-0.1, -0.05) is 32.9 Å². The van der Waals surface area contributed by atoms with Crippen LogP contribution in [0.5, 0.6) is 0 Å². The number of hydrogen-bond acceptors (Lipinski definition) is 3. The van der Waals surface area contributed by atoms with Crippen LogP contribution in [0.3, 0.4) is 0 Å². The Kier molecular flexibility index (Phi) is 2.69. The van der Waals surface area contributed by atoms with Gasteiger partial charge < -0.3 is 0 Å². The van der Waals surface area contributed by atoms with Gasteiger partial charge in [-0.15, -0.1) is 0 Å². The first-order chi connectivity index (χ1) is 8.32. The monoisotopic (exact) mass is 246 g/mol. The average Bonchev–Trinajstić information content (AvgIpc) is 2.54. The Labute approximate surface area is 105 Å². The van der Waals surface area contributed by atoms with Gasteiger partial charge in [0.2, 0.25) is 5.91 Å². The maximum atomic E-state index is 12.0. The molecule has 0 aliphatic carbocycles. The van der Waals surface area contributed by atoms with Gasteiger partial charge in [-0.05, 0) is 12.1 Å². The number of carbonyl (C=O) groups is 3. The molecule has 18 heavy (non-hydrogen) atoms. The molecule has 1 heterocycles. The summed E-state index contributed by atoms with van der Waals surface area (Å²) in [5.74, 6) is -1.36. The number of hydrogen-bond donors (Lipinski definition) is 1. The molecule has 0 fully saturated rings. The van der Waals surface area contributed by atoms with Gasteiger partial charge in [0.25, 0.3) is 11.8 Å². The highest BCUT2D eigenvalue weighted by Crippen LogP contribution is 2.22. The van der Waals surface area contributed by atoms with E-state index in [1.165, 1.54) is 0 Å². The minimum absolute atomic E-state index is 0.316. The topological polar surface area (TPSA) is 66.5 Å². The number of nitrogens with one attached hydrogen (secondary N) is 1. The molecule has 1 aromatic rings. The molecule has 5 heteroatoms. The van der Waals surface area contributed by atoms with Crippen LogP contribution in [0.4, 0.5) is 0 Å². The first kappa shape index (κ1) is 12.3. The first-order valence-electron chi connectivity index (χ1n) is 5.61. The summed E-state index contributed by atoms with van der Waals surface area (Å²) in [5.41, 5.74) is 2.32. The third kappa shape index (κ3) is 1.88. The molecule has 0 radical (unpaired) electrons. The number of rotatable bonds is 1. The highest BCUT2D eigenvalue weighted by Gasteiger charge is 2.38. The lowest BCUT2D eigenvalue weighted by molar-refractivity contribution is -0.131. The number of hydrazine groups is 1. The second-order valence-electron chi connectivity index (χ2n) is 5.18. The smallest absolute Gasteiger partial charge is 0.273 e. The minimum Gasteiger partial charge on any atom is -0.273 e. The second kappa shape index (κ2) is 3.94. The lowest BCUT2D eigenvalue weighted by atomic mass is 9.96. The van der Waals surface area contributed by atoms with Gasteiger partial charge in [0.1, 0.15) is 0 Å². The average molecular weight is 246 g/mol. The number of nitrogens with zero attached hydrogens (tertiary/aromatic N) is 1. The van der Waals surface area contributed by atoms with E-state index in [4.69, 9.17) is 0 Å². The van der Waals surface area contributed by atoms with Crippen molar-refractivity contribution in [1.82, 2.24) is 10.4 Å². The van der Waals surface area contributed by atoms with Gasteiger partial charge in [-0.3, -0.25) is 19.8 Å². The van der Waals surface area contributed by atoms with Crippen molar-refractivity contribution in [3.05, 3.63) is 35.4 Å². The Hall–Kier alpha value is -2.17. The fraction of sp³-hybridized carbons (Fsp3) is 0.308. The SMILES string of the molecule is CC(C)(C)C(=O)NN1C(=O)c2ccccc2C1=O. The zero-order valence-electron chi connectivity index (χ0n) is 10.5. The van der Waals surface area contributed by atoms with Gasteiger partial charge in [0.15, 0.2) is 0 Å². The molecule has 94 valence electrons. The van der Waals surface area contributed by atoms with Gasteiger partial charge in [0, 0.05) is 5.41 Å². The van der Waals surface area contributed by atoms with Crippen LogP contribution in [0.25, 0.3) is 0 Å². The Bertz CT molecular complexity index is 508. The fourth-order valence-corrected chi connectivity index (χ4v) is 1.56. The normalized spacial score (nSPS) is 14.7. The quantitative estimate of drug-likeness (QED) is 0.761. The van der Waals surface area contributed by atoms with Crippen molar-refractivity contribution in [3.8, 4) is 0 Å². The molecule has 0 aromatic heterocycles. The summed E-state index contributed by atoms with van der Waals surface area (Å²) in [6.07, 6.45) is 0. The number of fused-ring (bicyclic) bond motifs is 1. The van der Waals surface area contributed by atoms with Crippen molar-refractivity contribution in [2.45, 2.75) is 20.8 Å². The summed E-state index contributed by atoms with van der Waals surface area (Å²) in [7, 11) is 0. The summed E-state index contributed by atoms with van der Waals surface area (Å²) < 4.78 is 0. The van der Waals surface area contributed by atoms with Crippen molar-refractivity contribution in [2.24, 2.45) is 5.41 Å². The van der Waals surface area contributed by atoms with E-state index in [0.29, 0.717) is 11.1 Å². The van der Waals surface area contributed by atoms with Gasteiger partial charge in [-0.25, -0.2) is 0 Å². The summed E-state index contributed by atoms with van der Waals surface area (Å²) in [6.45, 7) is 5.13. The molecule has 2 rings (SSSR count). The zero-order chi connectivity index (χ0) is 13.5. The third-order valence-corrected chi connectivity index (χ3v) is 2.69. The second-order valence-corrected chi connectivity index (χ2v) is 5.18. The van der Waals surface area contributed by atoms with E-state index in [1.54, 1.807) is 45.0 Å². The van der Waals surface area contributed by atoms with Crippen LogP contribution in [0.2, 0.25) is 0 Å². The summed E-state index contributed by atoms with van der Waals surface area (Å²) >= 11 is 0. The van der Waals surface area contributed by atoms with Gasteiger partial charge in [0.05, 0.1) is 11.1 Å². The molecule has 1 aliphatic heterocycles. The van der Waals surface area contributed by atoms with Crippen LogP contribution >= 0.6 is 0 Å². The standard InChI is InChI=1S/C13H14N2O3/c1-13(2,3)12(18)14-15-10(16)8-6-4-5-7-9(8)11(15)17/h4-7H,1-3H3,(H,14,18). The Morgan fingerprint density at radius 1 is 1.06 bits per heavy atom. The largest absolute Gasteiger partial charge is 0.280 e. The predicted molar refractivity (Wildman–Crippen MR) is 64.5 cm³/mol. The third-order valence-electron chi connectivity index (χ3n) is 2.69. The molecule has 5 nitrogen and oxygen atoms in total. The highest BCUT2D eigenvalue weighted by atomic mass is 16.2. The van der Waals surface area contributed by atoms with Crippen molar-refractivity contribution in [1.29, 1.82) is 0 Å². The molecule has 0 spiro atoms. The zero-order valence-corrected chi connectivity index (χ0v) is 10.5. The highest BCUT2D eigenvalue weighted by molar-refractivity contribution is 6.21. The molecule has 0 saturated carbocycles. The van der Waals surface area contributed by atoms with E-state index >= 15 is 0 Å². The first-order valence-corrected chi connectivity index (χ1v) is 5.61. The maximum Gasteiger partial charge on any atom is 0.280 e. The molecule has 3 amide bonds. The van der Waals surface area contributed by atoms with E-state index in [1.807, 2.05) is 0 Å². The minimum atomic E-state index is -0.671. The van der Waals surface area contributed by atoms with Crippen molar-refractivity contribution < 1.29 is 14.4 Å². The van der Waals surface area contributed by atoms with E-state index in [0.717, 1.165) is 5.01 Å². The van der Waals surface area contributed by atoms with Crippen LogP contribution in [0.1, 0.15) is 41.5 Å². The molecule has 0 unspecified atom stereocenters. The predicted octanol–water partition coefficient (Wildman–Crippen LogP) is 1.36. The lowest BCUT2D eigenvalue weighted by Gasteiger charge is -2.22. The molecule has 1 aliphatic rings. The fourth-order valence-electron chi connectivity index (χ4n) is 1.56. The van der Waals surface area contributed by atoms with Crippen molar-refractivity contribution >= 4 is 17.7 Å². The Balaban J connectivity index is 2.27. The van der Waals surface area contributed by atoms with Crippen LogP contribution < -0.4 is 5.43 Å². The van der Waals surface area contributed by atoms with Crippen LogP contribution in [0, 0.1) is 5.41 Å². The summed E-state index contributed by atoms with van der Waals surface area (Å²) in [4.78, 5) is 35.7. The summed E-state index contributed by atoms with van der Waals surface area (Å²) in [5, 5.41) is 0.776. The Morgan fingerprint density at radius 2 is 1.50 bits per heavy atom. The van der Waals surface area contributed by atoms with Crippen molar-refractivity contribution in [2.75, 3.05) is 0 Å². The van der Waals surface area contributed by atoms with E-state index in [2.05, 4.69) is 5.43 Å². The Morgan fingerprint density at radius 3 is 1.89 bits per heavy atom. The van der Waals surface area contributed by atoms with Gasteiger partial charge >= 0.3 is 0 Å². The number of imide groups is 1. The van der Waals surface area contributed by atoms with Crippen LogP contribution in [-0.2, 0) is 4.79 Å². The van der Waals surface area contributed by atoms with Gasteiger partial charge in [-0.2, -0.15) is 5.01 Å². The van der Waals surface area contributed by atoms with E-state index in [-0.39, 0.29) is 5.91 Å². The molecular weight excluding hydrogens is 232 g/mol. The molecule has 0 bridgehead atoms. The number of amides is 3.